The van der Waals surface area contributed by atoms with Crippen LogP contribution in [0, 0.1) is 0 Å². The summed E-state index contributed by atoms with van der Waals surface area (Å²) in [5.74, 6) is -0.669. The predicted molar refractivity (Wildman–Crippen MR) is 86.1 cm³/mol. The van der Waals surface area contributed by atoms with Crippen molar-refractivity contribution in [2.24, 2.45) is 0 Å². The van der Waals surface area contributed by atoms with E-state index in [1.807, 2.05) is 0 Å². The average molecular weight is 343 g/mol. The van der Waals surface area contributed by atoms with Gasteiger partial charge in [0.1, 0.15) is 6.04 Å². The molecule has 0 aliphatic heterocycles. The molecule has 1 amide bonds. The SMILES string of the molecule is CC(OCC(S)CS)OC(=O)N[C@@H](C(=O)O)C(C)(C)S. The molecule has 0 bridgehead atoms. The summed E-state index contributed by atoms with van der Waals surface area (Å²) in [5, 5.41) is 11.2. The minimum atomic E-state index is -1.19. The quantitative estimate of drug-likeness (QED) is 0.340. The lowest BCUT2D eigenvalue weighted by Gasteiger charge is -2.27. The molecular formula is C11H21NO5S3. The largest absolute Gasteiger partial charge is 0.480 e. The zero-order chi connectivity index (χ0) is 15.9. The molecule has 0 heterocycles. The van der Waals surface area contributed by atoms with Gasteiger partial charge in [-0.1, -0.05) is 0 Å². The van der Waals surface area contributed by atoms with Gasteiger partial charge in [-0.05, 0) is 20.8 Å². The van der Waals surface area contributed by atoms with Crippen molar-refractivity contribution in [2.75, 3.05) is 12.4 Å². The van der Waals surface area contributed by atoms with E-state index in [1.165, 1.54) is 6.92 Å². The number of hydrogen-bond donors (Lipinski definition) is 5. The molecule has 2 unspecified atom stereocenters. The van der Waals surface area contributed by atoms with E-state index in [2.05, 4.69) is 43.2 Å². The number of carbonyl (C=O) groups excluding carboxylic acids is 1. The number of rotatable bonds is 8. The molecule has 0 aromatic heterocycles. The van der Waals surface area contributed by atoms with Crippen LogP contribution in [0.4, 0.5) is 4.79 Å². The highest BCUT2D eigenvalue weighted by Crippen LogP contribution is 2.18. The highest BCUT2D eigenvalue weighted by atomic mass is 32.1. The first-order valence-corrected chi connectivity index (χ1v) is 7.50. The Bertz CT molecular complexity index is 335. The van der Waals surface area contributed by atoms with Crippen LogP contribution in [0.5, 0.6) is 0 Å². The normalized spacial score (nSPS) is 16.1. The van der Waals surface area contributed by atoms with Gasteiger partial charge in [0.05, 0.1) is 6.61 Å². The molecule has 2 N–H and O–H groups in total. The van der Waals surface area contributed by atoms with Gasteiger partial charge in [-0.25, -0.2) is 9.59 Å². The summed E-state index contributed by atoms with van der Waals surface area (Å²) in [6.45, 7) is 4.95. The summed E-state index contributed by atoms with van der Waals surface area (Å²) in [5.41, 5.74) is 0. The topological polar surface area (TPSA) is 84.9 Å². The van der Waals surface area contributed by atoms with Gasteiger partial charge in [-0.2, -0.15) is 37.9 Å². The Hall–Kier alpha value is -0.250. The summed E-state index contributed by atoms with van der Waals surface area (Å²) in [6.07, 6.45) is -1.70. The molecule has 0 saturated carbocycles. The zero-order valence-electron chi connectivity index (χ0n) is 11.6. The molecule has 0 fully saturated rings. The highest BCUT2D eigenvalue weighted by Gasteiger charge is 2.34. The van der Waals surface area contributed by atoms with Gasteiger partial charge in [0.2, 0.25) is 6.29 Å². The van der Waals surface area contributed by atoms with Crippen molar-refractivity contribution in [3.63, 3.8) is 0 Å². The lowest BCUT2D eigenvalue weighted by molar-refractivity contribution is -0.140. The van der Waals surface area contributed by atoms with Gasteiger partial charge in [-0.3, -0.25) is 0 Å². The minimum absolute atomic E-state index is 0.0735. The maximum Gasteiger partial charge on any atom is 0.410 e. The van der Waals surface area contributed by atoms with E-state index in [0.29, 0.717) is 5.75 Å². The summed E-state index contributed by atoms with van der Waals surface area (Å²) in [7, 11) is 0. The number of nitrogens with one attached hydrogen (secondary N) is 1. The fourth-order valence-corrected chi connectivity index (χ4v) is 1.54. The molecule has 0 aliphatic rings. The van der Waals surface area contributed by atoms with Crippen molar-refractivity contribution in [3.05, 3.63) is 0 Å². The molecule has 0 radical (unpaired) electrons. The smallest absolute Gasteiger partial charge is 0.410 e. The van der Waals surface area contributed by atoms with E-state index in [9.17, 15) is 9.59 Å². The van der Waals surface area contributed by atoms with Crippen LogP contribution in [0.3, 0.4) is 0 Å². The third kappa shape index (κ3) is 8.13. The zero-order valence-corrected chi connectivity index (χ0v) is 14.3. The lowest BCUT2D eigenvalue weighted by Crippen LogP contribution is -2.52. The van der Waals surface area contributed by atoms with E-state index in [1.54, 1.807) is 13.8 Å². The Morgan fingerprint density at radius 1 is 1.40 bits per heavy atom. The summed E-state index contributed by atoms with van der Waals surface area (Å²) >= 11 is 12.3. The van der Waals surface area contributed by atoms with Gasteiger partial charge < -0.3 is 19.9 Å². The summed E-state index contributed by atoms with van der Waals surface area (Å²) in [4.78, 5) is 22.6. The Labute approximate surface area is 135 Å². The second-order valence-electron chi connectivity index (χ2n) is 4.71. The van der Waals surface area contributed by atoms with Crippen LogP contribution in [-0.2, 0) is 14.3 Å². The third-order valence-electron chi connectivity index (χ3n) is 2.22. The van der Waals surface area contributed by atoms with Gasteiger partial charge in [0, 0.05) is 15.7 Å². The molecule has 20 heavy (non-hydrogen) atoms. The van der Waals surface area contributed by atoms with Crippen LogP contribution in [0.2, 0.25) is 0 Å². The Morgan fingerprint density at radius 2 is 1.95 bits per heavy atom. The number of alkyl carbamates (subject to hydrolysis) is 1. The monoisotopic (exact) mass is 343 g/mol. The number of carboxylic acid groups (broad SMARTS) is 1. The van der Waals surface area contributed by atoms with E-state index in [-0.39, 0.29) is 11.9 Å². The average Bonchev–Trinajstić information content (AvgIpc) is 2.31. The molecular weight excluding hydrogens is 322 g/mol. The highest BCUT2D eigenvalue weighted by molar-refractivity contribution is 7.84. The fraction of sp³-hybridized carbons (Fsp3) is 0.818. The number of ether oxygens (including phenoxy) is 2. The maximum atomic E-state index is 11.6. The minimum Gasteiger partial charge on any atom is -0.480 e. The molecule has 118 valence electrons. The van der Waals surface area contributed by atoms with Crippen molar-refractivity contribution in [2.45, 2.75) is 43.1 Å². The molecule has 0 aromatic rings. The molecule has 9 heteroatoms. The van der Waals surface area contributed by atoms with Crippen LogP contribution < -0.4 is 5.32 Å². The molecule has 0 spiro atoms. The first-order valence-electron chi connectivity index (χ1n) is 5.90. The number of carbonyl (C=O) groups is 2. The molecule has 3 atom stereocenters. The molecule has 0 aliphatic carbocycles. The number of amides is 1. The predicted octanol–water partition coefficient (Wildman–Crippen LogP) is 1.46. The second kappa shape index (κ2) is 8.91. The van der Waals surface area contributed by atoms with Gasteiger partial charge >= 0.3 is 12.1 Å². The van der Waals surface area contributed by atoms with Crippen LogP contribution >= 0.6 is 37.9 Å². The van der Waals surface area contributed by atoms with E-state index in [0.717, 1.165) is 0 Å². The van der Waals surface area contributed by atoms with Crippen molar-refractivity contribution < 1.29 is 24.2 Å². The molecule has 0 aromatic carbocycles. The van der Waals surface area contributed by atoms with Crippen molar-refractivity contribution in [1.82, 2.24) is 5.32 Å². The number of hydrogen-bond acceptors (Lipinski definition) is 7. The van der Waals surface area contributed by atoms with Crippen molar-refractivity contribution in [3.8, 4) is 0 Å². The molecule has 6 nitrogen and oxygen atoms in total. The van der Waals surface area contributed by atoms with Crippen LogP contribution in [-0.4, -0.2) is 51.9 Å². The van der Waals surface area contributed by atoms with Crippen molar-refractivity contribution >= 4 is 49.9 Å². The van der Waals surface area contributed by atoms with Crippen LogP contribution in [0.1, 0.15) is 20.8 Å². The molecule has 0 saturated heterocycles. The number of aliphatic carboxylic acids is 1. The summed E-state index contributed by atoms with van der Waals surface area (Å²) in [6, 6.07) is -1.18. The van der Waals surface area contributed by atoms with Gasteiger partial charge in [0.25, 0.3) is 0 Å². The number of carboxylic acids is 1. The van der Waals surface area contributed by atoms with E-state index < -0.39 is 29.1 Å². The lowest BCUT2D eigenvalue weighted by atomic mass is 10.0. The van der Waals surface area contributed by atoms with Crippen molar-refractivity contribution in [1.29, 1.82) is 0 Å². The van der Waals surface area contributed by atoms with E-state index >= 15 is 0 Å². The second-order valence-corrected chi connectivity index (χ2v) is 6.96. The summed E-state index contributed by atoms with van der Waals surface area (Å²) < 4.78 is 9.18. The standard InChI is InChI=1S/C11H21NO5S3/c1-6(16-4-7(19)5-18)17-10(15)12-8(9(13)14)11(2,3)20/h6-8,18-20H,4-5H2,1-3H3,(H,12,15)(H,13,14)/t6?,7?,8-/m0/s1. The van der Waals surface area contributed by atoms with Crippen LogP contribution in [0.25, 0.3) is 0 Å². The van der Waals surface area contributed by atoms with Gasteiger partial charge in [-0.15, -0.1) is 0 Å². The Morgan fingerprint density at radius 3 is 2.35 bits per heavy atom. The number of thiol groups is 3. The van der Waals surface area contributed by atoms with E-state index in [4.69, 9.17) is 14.6 Å². The fourth-order valence-electron chi connectivity index (χ4n) is 1.18. The van der Waals surface area contributed by atoms with Gasteiger partial charge in [0.15, 0.2) is 0 Å². The molecule has 0 rings (SSSR count). The Balaban J connectivity index is 4.30. The van der Waals surface area contributed by atoms with Crippen LogP contribution in [0.15, 0.2) is 0 Å². The maximum absolute atomic E-state index is 11.6. The third-order valence-corrected chi connectivity index (χ3v) is 3.54. The Kier molecular flexibility index (Phi) is 8.80. The first-order chi connectivity index (χ1) is 9.07. The first kappa shape index (κ1) is 19.8.